The quantitative estimate of drug-likeness (QED) is 0.594. The number of anilines is 2. The Bertz CT molecular complexity index is 761. The lowest BCUT2D eigenvalue weighted by Gasteiger charge is -2.17. The molecule has 0 aromatic heterocycles. The summed E-state index contributed by atoms with van der Waals surface area (Å²) in [7, 11) is 1.77. The summed E-state index contributed by atoms with van der Waals surface area (Å²) in [5, 5.41) is 5.60. The van der Waals surface area contributed by atoms with E-state index in [-0.39, 0.29) is 11.9 Å². The van der Waals surface area contributed by atoms with Crippen molar-refractivity contribution >= 4 is 23.3 Å². The molecule has 6 nitrogen and oxygen atoms in total. The standard InChI is InChI=1S/C23H31N3O3/c1-18(2)17-29-15-7-14-24-23(28)25-20-12-10-19(11-13-20)16-22(27)26(3)21-8-5-4-6-9-21/h4-6,8-13,18H,7,14-17H2,1-3H3,(H2,24,25,28). The minimum atomic E-state index is -0.249. The van der Waals surface area contributed by atoms with Gasteiger partial charge in [0.15, 0.2) is 0 Å². The number of hydrogen-bond donors (Lipinski definition) is 2. The summed E-state index contributed by atoms with van der Waals surface area (Å²) in [5.41, 5.74) is 2.44. The van der Waals surface area contributed by atoms with Crippen LogP contribution in [0.25, 0.3) is 0 Å². The molecule has 2 aromatic carbocycles. The van der Waals surface area contributed by atoms with Gasteiger partial charge in [-0.3, -0.25) is 4.79 Å². The number of carbonyl (C=O) groups is 2. The molecule has 0 aliphatic rings. The SMILES string of the molecule is CC(C)COCCCNC(=O)Nc1ccc(CC(=O)N(C)c2ccccc2)cc1. The zero-order valence-corrected chi connectivity index (χ0v) is 17.5. The molecule has 2 rings (SSSR count). The highest BCUT2D eigenvalue weighted by atomic mass is 16.5. The van der Waals surface area contributed by atoms with Crippen LogP contribution in [0.5, 0.6) is 0 Å². The van der Waals surface area contributed by atoms with Crippen molar-refractivity contribution < 1.29 is 14.3 Å². The predicted octanol–water partition coefficient (Wildman–Crippen LogP) is 4.08. The number of hydrogen-bond acceptors (Lipinski definition) is 3. The molecule has 29 heavy (non-hydrogen) atoms. The van der Waals surface area contributed by atoms with E-state index in [4.69, 9.17) is 4.74 Å². The van der Waals surface area contributed by atoms with Gasteiger partial charge in [-0.1, -0.05) is 44.2 Å². The van der Waals surface area contributed by atoms with Gasteiger partial charge in [0.1, 0.15) is 0 Å². The molecule has 156 valence electrons. The summed E-state index contributed by atoms with van der Waals surface area (Å²) >= 11 is 0. The molecule has 0 fully saturated rings. The molecule has 6 heteroatoms. The summed E-state index contributed by atoms with van der Waals surface area (Å²) in [5.74, 6) is 0.526. The fourth-order valence-electron chi connectivity index (χ4n) is 2.67. The zero-order chi connectivity index (χ0) is 21.1. The summed E-state index contributed by atoms with van der Waals surface area (Å²) in [6.45, 7) is 6.14. The van der Waals surface area contributed by atoms with Gasteiger partial charge in [-0.2, -0.15) is 0 Å². The van der Waals surface area contributed by atoms with Crippen molar-refractivity contribution in [2.45, 2.75) is 26.7 Å². The maximum absolute atomic E-state index is 12.4. The molecule has 0 saturated heterocycles. The number of ether oxygens (including phenoxy) is 1. The van der Waals surface area contributed by atoms with Gasteiger partial charge in [0.05, 0.1) is 6.42 Å². The third-order valence-electron chi connectivity index (χ3n) is 4.29. The highest BCUT2D eigenvalue weighted by molar-refractivity contribution is 5.94. The lowest BCUT2D eigenvalue weighted by molar-refractivity contribution is -0.117. The second-order valence-electron chi connectivity index (χ2n) is 7.37. The molecule has 0 unspecified atom stereocenters. The van der Waals surface area contributed by atoms with E-state index in [1.165, 1.54) is 0 Å². The number of rotatable bonds is 10. The Morgan fingerprint density at radius 3 is 2.38 bits per heavy atom. The maximum Gasteiger partial charge on any atom is 0.319 e. The van der Waals surface area contributed by atoms with E-state index in [2.05, 4.69) is 24.5 Å². The smallest absolute Gasteiger partial charge is 0.319 e. The molecule has 0 bridgehead atoms. The van der Waals surface area contributed by atoms with Gasteiger partial charge in [0.2, 0.25) is 5.91 Å². The summed E-state index contributed by atoms with van der Waals surface area (Å²) in [6.07, 6.45) is 1.07. The Balaban J connectivity index is 1.72. The third kappa shape index (κ3) is 8.35. The van der Waals surface area contributed by atoms with Gasteiger partial charge in [0.25, 0.3) is 0 Å². The van der Waals surface area contributed by atoms with Crippen LogP contribution in [-0.4, -0.2) is 38.7 Å². The Morgan fingerprint density at radius 2 is 1.72 bits per heavy atom. The highest BCUT2D eigenvalue weighted by Crippen LogP contribution is 2.15. The molecule has 0 saturated carbocycles. The van der Waals surface area contributed by atoms with Gasteiger partial charge in [-0.05, 0) is 42.2 Å². The van der Waals surface area contributed by atoms with Crippen LogP contribution in [0.2, 0.25) is 0 Å². The second kappa shape index (κ2) is 11.9. The van der Waals surface area contributed by atoms with E-state index in [1.807, 2.05) is 42.5 Å². The van der Waals surface area contributed by atoms with Crippen molar-refractivity contribution in [2.24, 2.45) is 5.92 Å². The Morgan fingerprint density at radius 1 is 1.03 bits per heavy atom. The minimum Gasteiger partial charge on any atom is -0.381 e. The third-order valence-corrected chi connectivity index (χ3v) is 4.29. The van der Waals surface area contributed by atoms with Crippen LogP contribution in [0.3, 0.4) is 0 Å². The van der Waals surface area contributed by atoms with E-state index in [0.717, 1.165) is 24.3 Å². The number of urea groups is 1. The Labute approximate surface area is 173 Å². The highest BCUT2D eigenvalue weighted by Gasteiger charge is 2.11. The van der Waals surface area contributed by atoms with Gasteiger partial charge in [-0.25, -0.2) is 4.79 Å². The molecule has 0 radical (unpaired) electrons. The van der Waals surface area contributed by atoms with Crippen LogP contribution in [0.4, 0.5) is 16.2 Å². The molecule has 3 amide bonds. The summed E-state index contributed by atoms with van der Waals surface area (Å²) in [6, 6.07) is 16.6. The van der Waals surface area contributed by atoms with Crippen molar-refractivity contribution in [3.63, 3.8) is 0 Å². The van der Waals surface area contributed by atoms with Crippen molar-refractivity contribution in [3.05, 3.63) is 60.2 Å². The molecule has 2 aromatic rings. The molecule has 0 atom stereocenters. The number of likely N-dealkylation sites (N-methyl/N-ethyl adjacent to an activating group) is 1. The first-order valence-electron chi connectivity index (χ1n) is 9.99. The van der Waals surface area contributed by atoms with Crippen LogP contribution in [-0.2, 0) is 16.0 Å². The number of carbonyl (C=O) groups excluding carboxylic acids is 2. The largest absolute Gasteiger partial charge is 0.381 e. The molecule has 2 N–H and O–H groups in total. The number of nitrogens with one attached hydrogen (secondary N) is 2. The van der Waals surface area contributed by atoms with Gasteiger partial charge < -0.3 is 20.3 Å². The van der Waals surface area contributed by atoms with Crippen molar-refractivity contribution in [1.82, 2.24) is 5.32 Å². The topological polar surface area (TPSA) is 70.7 Å². The number of para-hydroxylation sites is 1. The van der Waals surface area contributed by atoms with E-state index in [9.17, 15) is 9.59 Å². The van der Waals surface area contributed by atoms with E-state index >= 15 is 0 Å². The first-order chi connectivity index (χ1) is 14.0. The minimum absolute atomic E-state index is 0.00865. The van der Waals surface area contributed by atoms with E-state index in [0.29, 0.717) is 31.2 Å². The Hall–Kier alpha value is -2.86. The summed E-state index contributed by atoms with van der Waals surface area (Å²) in [4.78, 5) is 26.0. The predicted molar refractivity (Wildman–Crippen MR) is 117 cm³/mol. The van der Waals surface area contributed by atoms with Crippen LogP contribution in [0.15, 0.2) is 54.6 Å². The normalized spacial score (nSPS) is 10.6. The van der Waals surface area contributed by atoms with Crippen LogP contribution < -0.4 is 15.5 Å². The number of benzene rings is 2. The molecular formula is C23H31N3O3. The fraction of sp³-hybridized carbons (Fsp3) is 0.391. The van der Waals surface area contributed by atoms with E-state index < -0.39 is 0 Å². The van der Waals surface area contributed by atoms with Crippen LogP contribution in [0.1, 0.15) is 25.8 Å². The Kier molecular flexibility index (Phi) is 9.18. The van der Waals surface area contributed by atoms with Crippen LogP contribution >= 0.6 is 0 Å². The second-order valence-corrected chi connectivity index (χ2v) is 7.37. The molecular weight excluding hydrogens is 366 g/mol. The van der Waals surface area contributed by atoms with Crippen molar-refractivity contribution in [1.29, 1.82) is 0 Å². The number of amides is 3. The van der Waals surface area contributed by atoms with Gasteiger partial charge in [-0.15, -0.1) is 0 Å². The molecule has 0 heterocycles. The van der Waals surface area contributed by atoms with Crippen molar-refractivity contribution in [2.75, 3.05) is 37.0 Å². The van der Waals surface area contributed by atoms with Gasteiger partial charge in [0, 0.05) is 38.2 Å². The summed E-state index contributed by atoms with van der Waals surface area (Å²) < 4.78 is 5.48. The van der Waals surface area contributed by atoms with Crippen LogP contribution in [0, 0.1) is 5.92 Å². The van der Waals surface area contributed by atoms with Crippen molar-refractivity contribution in [3.8, 4) is 0 Å². The fourth-order valence-corrected chi connectivity index (χ4v) is 2.67. The first-order valence-corrected chi connectivity index (χ1v) is 9.99. The number of nitrogens with zero attached hydrogens (tertiary/aromatic N) is 1. The first kappa shape index (κ1) is 22.4. The lowest BCUT2D eigenvalue weighted by Crippen LogP contribution is -2.30. The molecule has 0 aliphatic carbocycles. The maximum atomic E-state index is 12.4. The zero-order valence-electron chi connectivity index (χ0n) is 17.5. The average molecular weight is 398 g/mol. The monoisotopic (exact) mass is 397 g/mol. The average Bonchev–Trinajstić information content (AvgIpc) is 2.72. The molecule has 0 spiro atoms. The lowest BCUT2D eigenvalue weighted by atomic mass is 10.1. The van der Waals surface area contributed by atoms with E-state index in [1.54, 1.807) is 24.1 Å². The molecule has 0 aliphatic heterocycles. The van der Waals surface area contributed by atoms with Gasteiger partial charge >= 0.3 is 6.03 Å².